The van der Waals surface area contributed by atoms with Gasteiger partial charge in [0.05, 0.1) is 0 Å². The van der Waals surface area contributed by atoms with Gasteiger partial charge in [-0.05, 0) is 26.2 Å². The molecule has 0 aliphatic carbocycles. The van der Waals surface area contributed by atoms with Crippen LogP contribution in [0.25, 0.3) is 0 Å². The maximum atomic E-state index is 11.0. The summed E-state index contributed by atoms with van der Waals surface area (Å²) in [7, 11) is 0. The summed E-state index contributed by atoms with van der Waals surface area (Å²) in [4.78, 5) is 21.1. The highest BCUT2D eigenvalue weighted by Gasteiger charge is 2.24. The van der Waals surface area contributed by atoms with Crippen LogP contribution in [-0.2, 0) is 0 Å². The van der Waals surface area contributed by atoms with Gasteiger partial charge in [-0.1, -0.05) is 0 Å². The van der Waals surface area contributed by atoms with Crippen LogP contribution in [0, 0.1) is 0 Å². The van der Waals surface area contributed by atoms with Gasteiger partial charge in [0, 0.05) is 25.0 Å². The summed E-state index contributed by atoms with van der Waals surface area (Å²) in [6.45, 7) is 2.96. The molecule has 0 aromatic carbocycles. The lowest BCUT2D eigenvalue weighted by Crippen LogP contribution is -2.39. The minimum absolute atomic E-state index is 0.0521. The maximum absolute atomic E-state index is 11.0. The molecule has 0 radical (unpaired) electrons. The van der Waals surface area contributed by atoms with Crippen LogP contribution in [0.5, 0.6) is 0 Å². The molecular weight excluding hydrogens is 206 g/mol. The number of carboxylic acids is 1. The third-order valence-electron chi connectivity index (χ3n) is 2.96. The number of nitrogens with zero attached hydrogens (tertiary/aromatic N) is 3. The molecule has 1 N–H and O–H groups in total. The Morgan fingerprint density at radius 1 is 1.44 bits per heavy atom. The van der Waals surface area contributed by atoms with E-state index in [0.717, 1.165) is 19.4 Å². The second kappa shape index (κ2) is 4.47. The third kappa shape index (κ3) is 1.98. The molecule has 0 saturated carbocycles. The van der Waals surface area contributed by atoms with Crippen molar-refractivity contribution in [3.63, 3.8) is 0 Å². The van der Waals surface area contributed by atoms with Gasteiger partial charge in [0.1, 0.15) is 0 Å². The van der Waals surface area contributed by atoms with Crippen LogP contribution >= 0.6 is 0 Å². The van der Waals surface area contributed by atoms with Gasteiger partial charge in [0.2, 0.25) is 0 Å². The summed E-state index contributed by atoms with van der Waals surface area (Å²) in [5.74, 6) is -0.511. The van der Waals surface area contributed by atoms with Crippen LogP contribution in [0.4, 0.5) is 5.82 Å². The molecule has 2 rings (SSSR count). The van der Waals surface area contributed by atoms with Crippen molar-refractivity contribution in [1.82, 2.24) is 9.97 Å². The molecule has 0 bridgehead atoms. The van der Waals surface area contributed by atoms with Gasteiger partial charge in [-0.25, -0.2) is 14.8 Å². The van der Waals surface area contributed by atoms with E-state index < -0.39 is 5.97 Å². The fourth-order valence-corrected chi connectivity index (χ4v) is 2.10. The molecule has 0 spiro atoms. The van der Waals surface area contributed by atoms with Crippen molar-refractivity contribution in [2.75, 3.05) is 11.4 Å². The van der Waals surface area contributed by atoms with Gasteiger partial charge < -0.3 is 10.0 Å². The van der Waals surface area contributed by atoms with Gasteiger partial charge in [-0.3, -0.25) is 0 Å². The number of aromatic nitrogens is 2. The molecule has 1 aromatic rings. The van der Waals surface area contributed by atoms with Crippen molar-refractivity contribution in [1.29, 1.82) is 0 Å². The van der Waals surface area contributed by atoms with Crippen molar-refractivity contribution in [3.8, 4) is 0 Å². The lowest BCUT2D eigenvalue weighted by molar-refractivity contribution is 0.0690. The standard InChI is InChI=1S/C11H15N3O2/c1-8-4-2-3-7-14(8)10-9(11(15)16)12-5-6-13-10/h5-6,8H,2-4,7H2,1H3,(H,15,16). The Balaban J connectivity index is 2.34. The highest BCUT2D eigenvalue weighted by molar-refractivity contribution is 5.91. The summed E-state index contributed by atoms with van der Waals surface area (Å²) in [5, 5.41) is 9.05. The summed E-state index contributed by atoms with van der Waals surface area (Å²) in [6, 6.07) is 0.337. The molecule has 1 aromatic heterocycles. The number of hydrogen-bond donors (Lipinski definition) is 1. The molecule has 86 valence electrons. The van der Waals surface area contributed by atoms with Crippen molar-refractivity contribution in [2.45, 2.75) is 32.2 Å². The fourth-order valence-electron chi connectivity index (χ4n) is 2.10. The molecule has 16 heavy (non-hydrogen) atoms. The van der Waals surface area contributed by atoms with Crippen LogP contribution in [0.3, 0.4) is 0 Å². The normalized spacial score (nSPS) is 20.8. The van der Waals surface area contributed by atoms with E-state index >= 15 is 0 Å². The zero-order chi connectivity index (χ0) is 11.5. The molecule has 1 fully saturated rings. The first kappa shape index (κ1) is 10.9. The lowest BCUT2D eigenvalue weighted by atomic mass is 10.0. The Bertz CT molecular complexity index is 395. The van der Waals surface area contributed by atoms with Crippen LogP contribution in [0.1, 0.15) is 36.7 Å². The largest absolute Gasteiger partial charge is 0.476 e. The van der Waals surface area contributed by atoms with E-state index in [1.165, 1.54) is 12.6 Å². The molecule has 1 aliphatic heterocycles. The monoisotopic (exact) mass is 221 g/mol. The van der Waals surface area contributed by atoms with Crippen molar-refractivity contribution in [2.24, 2.45) is 0 Å². The van der Waals surface area contributed by atoms with Crippen molar-refractivity contribution >= 4 is 11.8 Å². The van der Waals surface area contributed by atoms with Gasteiger partial charge in [-0.15, -0.1) is 0 Å². The van der Waals surface area contributed by atoms with E-state index in [1.54, 1.807) is 6.20 Å². The van der Waals surface area contributed by atoms with Crippen LogP contribution < -0.4 is 4.90 Å². The predicted molar refractivity (Wildman–Crippen MR) is 59.7 cm³/mol. The Labute approximate surface area is 94.1 Å². The predicted octanol–water partition coefficient (Wildman–Crippen LogP) is 1.55. The Hall–Kier alpha value is -1.65. The Kier molecular flexibility index (Phi) is 3.03. The molecule has 1 aliphatic rings. The fraction of sp³-hybridized carbons (Fsp3) is 0.545. The first-order valence-electron chi connectivity index (χ1n) is 5.51. The number of rotatable bonds is 2. The minimum atomic E-state index is -1.01. The van der Waals surface area contributed by atoms with E-state index in [4.69, 9.17) is 5.11 Å². The Morgan fingerprint density at radius 3 is 2.88 bits per heavy atom. The molecule has 1 atom stereocenters. The zero-order valence-corrected chi connectivity index (χ0v) is 9.26. The molecule has 1 saturated heterocycles. The number of carboxylic acid groups (broad SMARTS) is 1. The molecular formula is C11H15N3O2. The van der Waals surface area contributed by atoms with E-state index in [9.17, 15) is 4.79 Å². The van der Waals surface area contributed by atoms with E-state index in [0.29, 0.717) is 11.9 Å². The SMILES string of the molecule is CC1CCCCN1c1nccnc1C(=O)O. The second-order valence-electron chi connectivity index (χ2n) is 4.07. The summed E-state index contributed by atoms with van der Waals surface area (Å²) in [6.07, 6.45) is 6.32. The number of anilines is 1. The average molecular weight is 221 g/mol. The van der Waals surface area contributed by atoms with Crippen molar-refractivity contribution < 1.29 is 9.90 Å². The van der Waals surface area contributed by atoms with E-state index in [1.807, 2.05) is 4.90 Å². The van der Waals surface area contributed by atoms with Crippen LogP contribution in [0.15, 0.2) is 12.4 Å². The molecule has 5 heteroatoms. The van der Waals surface area contributed by atoms with Crippen LogP contribution in [0.2, 0.25) is 0 Å². The summed E-state index contributed by atoms with van der Waals surface area (Å²) < 4.78 is 0. The van der Waals surface area contributed by atoms with Crippen molar-refractivity contribution in [3.05, 3.63) is 18.1 Å². The molecule has 1 unspecified atom stereocenters. The third-order valence-corrected chi connectivity index (χ3v) is 2.96. The number of piperidine rings is 1. The van der Waals surface area contributed by atoms with Gasteiger partial charge in [0.25, 0.3) is 0 Å². The Morgan fingerprint density at radius 2 is 2.19 bits per heavy atom. The average Bonchev–Trinajstić information content (AvgIpc) is 2.29. The topological polar surface area (TPSA) is 66.3 Å². The van der Waals surface area contributed by atoms with Gasteiger partial charge >= 0.3 is 5.97 Å². The first-order valence-corrected chi connectivity index (χ1v) is 5.51. The smallest absolute Gasteiger partial charge is 0.358 e. The summed E-state index contributed by atoms with van der Waals surface area (Å²) >= 11 is 0. The second-order valence-corrected chi connectivity index (χ2v) is 4.07. The first-order chi connectivity index (χ1) is 7.70. The molecule has 5 nitrogen and oxygen atoms in total. The van der Waals surface area contributed by atoms with Crippen LogP contribution in [-0.4, -0.2) is 33.6 Å². The van der Waals surface area contributed by atoms with E-state index in [-0.39, 0.29) is 5.69 Å². The number of carbonyl (C=O) groups is 1. The molecule has 0 amide bonds. The zero-order valence-electron chi connectivity index (χ0n) is 9.26. The number of hydrogen-bond acceptors (Lipinski definition) is 4. The molecule has 2 heterocycles. The minimum Gasteiger partial charge on any atom is -0.476 e. The van der Waals surface area contributed by atoms with Gasteiger partial charge in [0.15, 0.2) is 11.5 Å². The van der Waals surface area contributed by atoms with Gasteiger partial charge in [-0.2, -0.15) is 0 Å². The highest BCUT2D eigenvalue weighted by Crippen LogP contribution is 2.24. The van der Waals surface area contributed by atoms with E-state index in [2.05, 4.69) is 16.9 Å². The maximum Gasteiger partial charge on any atom is 0.358 e. The highest BCUT2D eigenvalue weighted by atomic mass is 16.4. The lowest BCUT2D eigenvalue weighted by Gasteiger charge is -2.34. The number of aromatic carboxylic acids is 1. The summed E-state index contributed by atoms with van der Waals surface area (Å²) in [5.41, 5.74) is 0.0521. The quantitative estimate of drug-likeness (QED) is 0.820.